The first-order valence-electron chi connectivity index (χ1n) is 12.4. The van der Waals surface area contributed by atoms with Crippen LogP contribution >= 0.6 is 11.3 Å². The normalized spacial score (nSPS) is 11.7. The topological polar surface area (TPSA) is 54.5 Å². The number of aromatic nitrogens is 3. The Kier molecular flexibility index (Phi) is 4.42. The number of nitrogens with zero attached hydrogens (tertiary/aromatic N) is 4. The van der Waals surface area contributed by atoms with Crippen LogP contribution in [0.4, 0.5) is 0 Å². The fourth-order valence-electron chi connectivity index (χ4n) is 5.49. The second-order valence-electron chi connectivity index (χ2n) is 9.41. The van der Waals surface area contributed by atoms with Gasteiger partial charge < -0.3 is 0 Å². The van der Waals surface area contributed by atoms with Crippen LogP contribution in [0.1, 0.15) is 5.56 Å². The average molecular weight is 503 g/mol. The molecule has 0 saturated carbocycles. The van der Waals surface area contributed by atoms with Crippen molar-refractivity contribution in [2.24, 2.45) is 0 Å². The van der Waals surface area contributed by atoms with E-state index in [1.165, 1.54) is 26.2 Å². The fraction of sp³-hybridized carbons (Fsp3) is 0. The van der Waals surface area contributed by atoms with Crippen LogP contribution in [0.5, 0.6) is 0 Å². The van der Waals surface area contributed by atoms with E-state index in [9.17, 15) is 5.26 Å². The second kappa shape index (κ2) is 7.97. The number of hydrogen-bond donors (Lipinski definition) is 0. The summed E-state index contributed by atoms with van der Waals surface area (Å²) < 4.78 is 3.37. The first kappa shape index (κ1) is 21.1. The van der Waals surface area contributed by atoms with Gasteiger partial charge in [0.05, 0.1) is 28.4 Å². The minimum absolute atomic E-state index is 0.628. The Balaban J connectivity index is 1.52. The summed E-state index contributed by atoms with van der Waals surface area (Å²) in [5.74, 6) is 0.643. The van der Waals surface area contributed by atoms with Gasteiger partial charge in [0.15, 0.2) is 0 Å². The molecule has 0 aliphatic carbocycles. The molecule has 5 heteroatoms. The Labute approximate surface area is 221 Å². The lowest BCUT2D eigenvalue weighted by Crippen LogP contribution is -2.02. The van der Waals surface area contributed by atoms with Crippen LogP contribution in [0.15, 0.2) is 109 Å². The lowest BCUT2D eigenvalue weighted by molar-refractivity contribution is 1.02. The van der Waals surface area contributed by atoms with E-state index in [0.29, 0.717) is 11.5 Å². The maximum Gasteiger partial charge on any atom is 0.236 e. The molecule has 3 aromatic heterocycles. The summed E-state index contributed by atoms with van der Waals surface area (Å²) in [4.78, 5) is 11.4. The molecule has 38 heavy (non-hydrogen) atoms. The van der Waals surface area contributed by atoms with Gasteiger partial charge in [-0.25, -0.2) is 9.97 Å². The Morgan fingerprint density at radius 1 is 0.658 bits per heavy atom. The van der Waals surface area contributed by atoms with Crippen molar-refractivity contribution in [1.82, 2.24) is 14.5 Å². The molecular formula is C33H18N4S. The van der Waals surface area contributed by atoms with Crippen molar-refractivity contribution in [2.45, 2.75) is 0 Å². The zero-order valence-corrected chi connectivity index (χ0v) is 20.9. The van der Waals surface area contributed by atoms with E-state index in [2.05, 4.69) is 95.6 Å². The Bertz CT molecular complexity index is 2250. The van der Waals surface area contributed by atoms with E-state index in [0.717, 1.165) is 37.9 Å². The summed E-state index contributed by atoms with van der Waals surface area (Å²) in [6.07, 6.45) is 0. The summed E-state index contributed by atoms with van der Waals surface area (Å²) in [7, 11) is 0. The maximum absolute atomic E-state index is 9.35. The zero-order valence-electron chi connectivity index (χ0n) is 20.1. The molecule has 0 spiro atoms. The van der Waals surface area contributed by atoms with E-state index in [-0.39, 0.29) is 0 Å². The first-order valence-corrected chi connectivity index (χ1v) is 13.2. The first-order chi connectivity index (χ1) is 18.8. The molecule has 176 valence electrons. The minimum Gasteiger partial charge on any atom is -0.278 e. The van der Waals surface area contributed by atoms with E-state index in [1.54, 1.807) is 11.3 Å². The summed E-state index contributed by atoms with van der Waals surface area (Å²) in [6.45, 7) is 0. The van der Waals surface area contributed by atoms with Gasteiger partial charge in [-0.2, -0.15) is 5.26 Å². The van der Waals surface area contributed by atoms with E-state index >= 15 is 0 Å². The van der Waals surface area contributed by atoms with Crippen LogP contribution in [0.25, 0.3) is 70.1 Å². The monoisotopic (exact) mass is 502 g/mol. The van der Waals surface area contributed by atoms with Gasteiger partial charge in [0.2, 0.25) is 5.95 Å². The van der Waals surface area contributed by atoms with Crippen molar-refractivity contribution in [3.63, 3.8) is 0 Å². The Morgan fingerprint density at radius 3 is 2.18 bits per heavy atom. The quantitative estimate of drug-likeness (QED) is 0.238. The van der Waals surface area contributed by atoms with E-state index < -0.39 is 0 Å². The van der Waals surface area contributed by atoms with Gasteiger partial charge in [-0.15, -0.1) is 11.3 Å². The van der Waals surface area contributed by atoms with Crippen LogP contribution in [0.3, 0.4) is 0 Å². The molecule has 0 saturated heterocycles. The molecule has 0 radical (unpaired) electrons. The number of fused-ring (bicyclic) bond motifs is 7. The highest BCUT2D eigenvalue weighted by atomic mass is 32.1. The molecule has 0 N–H and O–H groups in total. The van der Waals surface area contributed by atoms with Crippen molar-refractivity contribution >= 4 is 64.2 Å². The fourth-order valence-corrected chi connectivity index (χ4v) is 6.56. The highest BCUT2D eigenvalue weighted by Gasteiger charge is 2.20. The number of rotatable bonds is 2. The summed E-state index contributed by atoms with van der Waals surface area (Å²) in [5.41, 5.74) is 4.62. The molecule has 8 aromatic rings. The molecule has 4 nitrogen and oxygen atoms in total. The van der Waals surface area contributed by atoms with Crippen molar-refractivity contribution in [3.8, 4) is 23.3 Å². The molecule has 0 aliphatic heterocycles. The Morgan fingerprint density at radius 2 is 1.37 bits per heavy atom. The molecule has 3 heterocycles. The molecule has 0 unspecified atom stereocenters. The number of para-hydroxylation sites is 1. The van der Waals surface area contributed by atoms with Gasteiger partial charge >= 0.3 is 0 Å². The highest BCUT2D eigenvalue weighted by molar-refractivity contribution is 7.25. The molecular weight excluding hydrogens is 484 g/mol. The van der Waals surface area contributed by atoms with Gasteiger partial charge in [0.1, 0.15) is 4.83 Å². The van der Waals surface area contributed by atoms with Crippen molar-refractivity contribution in [2.75, 3.05) is 0 Å². The van der Waals surface area contributed by atoms with Gasteiger partial charge in [-0.05, 0) is 47.2 Å². The van der Waals surface area contributed by atoms with Gasteiger partial charge in [0, 0.05) is 31.8 Å². The maximum atomic E-state index is 9.35. The van der Waals surface area contributed by atoms with E-state index in [4.69, 9.17) is 9.97 Å². The average Bonchev–Trinajstić information content (AvgIpc) is 3.51. The van der Waals surface area contributed by atoms with Crippen molar-refractivity contribution in [3.05, 3.63) is 115 Å². The SMILES string of the molecule is N#Cc1ccc(-c2nc(-n3c4ccccc4c4cc5ccccc5cc43)nc3sc4ccccc4c23)cc1. The van der Waals surface area contributed by atoms with Crippen LogP contribution in [0, 0.1) is 11.3 Å². The smallest absolute Gasteiger partial charge is 0.236 e. The zero-order chi connectivity index (χ0) is 25.2. The lowest BCUT2D eigenvalue weighted by Gasteiger charge is -2.10. The van der Waals surface area contributed by atoms with Crippen LogP contribution in [0.2, 0.25) is 0 Å². The summed E-state index contributed by atoms with van der Waals surface area (Å²) >= 11 is 1.69. The molecule has 0 aliphatic rings. The minimum atomic E-state index is 0.628. The molecule has 8 rings (SSSR count). The lowest BCUT2D eigenvalue weighted by atomic mass is 10.0. The third kappa shape index (κ3) is 3.02. The largest absolute Gasteiger partial charge is 0.278 e. The molecule has 0 atom stereocenters. The van der Waals surface area contributed by atoms with Gasteiger partial charge in [-0.3, -0.25) is 4.57 Å². The highest BCUT2D eigenvalue weighted by Crippen LogP contribution is 2.40. The number of nitriles is 1. The Hall–Kier alpha value is -5.05. The van der Waals surface area contributed by atoms with Crippen LogP contribution < -0.4 is 0 Å². The number of hydrogen-bond acceptors (Lipinski definition) is 4. The van der Waals surface area contributed by atoms with E-state index in [1.807, 2.05) is 24.3 Å². The third-order valence-electron chi connectivity index (χ3n) is 7.25. The van der Waals surface area contributed by atoms with Crippen LogP contribution in [-0.2, 0) is 0 Å². The predicted molar refractivity (Wildman–Crippen MR) is 157 cm³/mol. The third-order valence-corrected chi connectivity index (χ3v) is 8.32. The molecule has 0 bridgehead atoms. The van der Waals surface area contributed by atoms with Gasteiger partial charge in [0.25, 0.3) is 0 Å². The van der Waals surface area contributed by atoms with Crippen molar-refractivity contribution < 1.29 is 0 Å². The predicted octanol–water partition coefficient (Wildman–Crippen LogP) is 8.63. The van der Waals surface area contributed by atoms with Crippen LogP contribution in [-0.4, -0.2) is 14.5 Å². The summed E-state index contributed by atoms with van der Waals surface area (Å²) in [6, 6.07) is 39.7. The van der Waals surface area contributed by atoms with Gasteiger partial charge in [-0.1, -0.05) is 72.8 Å². The van der Waals surface area contributed by atoms with Crippen molar-refractivity contribution in [1.29, 1.82) is 5.26 Å². The second-order valence-corrected chi connectivity index (χ2v) is 10.4. The molecule has 0 amide bonds. The summed E-state index contributed by atoms with van der Waals surface area (Å²) in [5, 5.41) is 16.3. The molecule has 5 aromatic carbocycles. The number of thiophene rings is 1. The molecule has 0 fully saturated rings. The number of benzene rings is 5. The standard InChI is InChI=1S/C33H18N4S/c34-19-20-13-15-21(16-14-20)31-30-25-10-4-6-12-29(25)38-32(30)36-33(35-31)37-27-11-5-3-9-24(27)26-17-22-7-1-2-8-23(22)18-28(26)37/h1-18H.